The van der Waals surface area contributed by atoms with Crippen LogP contribution in [0.25, 0.3) is 0 Å². The minimum Gasteiger partial charge on any atom is -0.289 e. The van der Waals surface area contributed by atoms with Crippen molar-refractivity contribution in [2.24, 2.45) is 0 Å². The standard InChI is InChI=1S/C19H10Cl3F2NO3S/c20-11-1-4-18(17(22)7-11)29(27,28)25-14-2-3-15(16(21)9-14)19(26)10-5-12(23)8-13(24)6-10/h1-9,25H. The molecule has 0 aliphatic rings. The van der Waals surface area contributed by atoms with Gasteiger partial charge in [0.05, 0.1) is 15.7 Å². The van der Waals surface area contributed by atoms with Gasteiger partial charge in [-0.3, -0.25) is 9.52 Å². The Hall–Kier alpha value is -2.19. The maximum Gasteiger partial charge on any atom is 0.263 e. The van der Waals surface area contributed by atoms with E-state index >= 15 is 0 Å². The number of ketones is 1. The van der Waals surface area contributed by atoms with Gasteiger partial charge in [0.2, 0.25) is 0 Å². The van der Waals surface area contributed by atoms with Crippen LogP contribution in [0.4, 0.5) is 14.5 Å². The number of anilines is 1. The van der Waals surface area contributed by atoms with E-state index in [4.69, 9.17) is 34.8 Å². The Kier molecular flexibility index (Phi) is 6.14. The molecule has 0 aromatic heterocycles. The molecule has 3 aromatic carbocycles. The smallest absolute Gasteiger partial charge is 0.263 e. The summed E-state index contributed by atoms with van der Waals surface area (Å²) in [6, 6.07) is 10.0. The summed E-state index contributed by atoms with van der Waals surface area (Å²) in [5, 5.41) is 0.0896. The number of hydrogen-bond acceptors (Lipinski definition) is 3. The zero-order valence-electron chi connectivity index (χ0n) is 14.2. The molecule has 0 unspecified atom stereocenters. The Labute approximate surface area is 180 Å². The van der Waals surface area contributed by atoms with Crippen LogP contribution in [-0.4, -0.2) is 14.2 Å². The fraction of sp³-hybridized carbons (Fsp3) is 0. The summed E-state index contributed by atoms with van der Waals surface area (Å²) in [6.07, 6.45) is 0. The van der Waals surface area contributed by atoms with Crippen LogP contribution < -0.4 is 4.72 Å². The minimum atomic E-state index is -4.06. The number of benzene rings is 3. The van der Waals surface area contributed by atoms with Gasteiger partial charge >= 0.3 is 0 Å². The predicted molar refractivity (Wildman–Crippen MR) is 109 cm³/mol. The number of hydrogen-bond donors (Lipinski definition) is 1. The van der Waals surface area contributed by atoms with Crippen molar-refractivity contribution in [2.45, 2.75) is 4.90 Å². The second kappa shape index (κ2) is 8.28. The number of halogens is 5. The normalized spacial score (nSPS) is 11.3. The van der Waals surface area contributed by atoms with Gasteiger partial charge in [0, 0.05) is 22.2 Å². The first-order chi connectivity index (χ1) is 13.6. The van der Waals surface area contributed by atoms with Crippen LogP contribution in [0.15, 0.2) is 59.5 Å². The molecule has 0 aliphatic heterocycles. The van der Waals surface area contributed by atoms with Crippen LogP contribution in [0.1, 0.15) is 15.9 Å². The monoisotopic (exact) mass is 475 g/mol. The molecule has 3 rings (SSSR count). The van der Waals surface area contributed by atoms with Crippen molar-refractivity contribution in [1.29, 1.82) is 0 Å². The Morgan fingerprint density at radius 1 is 0.828 bits per heavy atom. The Morgan fingerprint density at radius 2 is 1.48 bits per heavy atom. The van der Waals surface area contributed by atoms with Gasteiger partial charge in [-0.2, -0.15) is 0 Å². The van der Waals surface area contributed by atoms with E-state index in [1.165, 1.54) is 36.4 Å². The molecule has 0 saturated carbocycles. The predicted octanol–water partition coefficient (Wildman–Crippen LogP) is 5.96. The van der Waals surface area contributed by atoms with E-state index in [2.05, 4.69) is 4.72 Å². The van der Waals surface area contributed by atoms with Gasteiger partial charge < -0.3 is 0 Å². The molecule has 3 aromatic rings. The largest absolute Gasteiger partial charge is 0.289 e. The van der Waals surface area contributed by atoms with Crippen LogP contribution in [0, 0.1) is 11.6 Å². The third kappa shape index (κ3) is 4.87. The SMILES string of the molecule is O=C(c1cc(F)cc(F)c1)c1ccc(NS(=O)(=O)c2ccc(Cl)cc2Cl)cc1Cl. The lowest BCUT2D eigenvalue weighted by Crippen LogP contribution is -2.14. The summed E-state index contributed by atoms with van der Waals surface area (Å²) in [6.45, 7) is 0. The molecule has 0 saturated heterocycles. The molecular weight excluding hydrogens is 467 g/mol. The van der Waals surface area contributed by atoms with E-state index in [0.717, 1.165) is 12.1 Å². The maximum absolute atomic E-state index is 13.4. The summed E-state index contributed by atoms with van der Waals surface area (Å²) < 4.78 is 54.0. The van der Waals surface area contributed by atoms with Crippen molar-refractivity contribution in [3.05, 3.63) is 92.4 Å². The Balaban J connectivity index is 1.90. The van der Waals surface area contributed by atoms with Crippen molar-refractivity contribution in [3.63, 3.8) is 0 Å². The molecule has 0 spiro atoms. The highest BCUT2D eigenvalue weighted by Gasteiger charge is 2.20. The lowest BCUT2D eigenvalue weighted by atomic mass is 10.0. The lowest BCUT2D eigenvalue weighted by molar-refractivity contribution is 0.103. The van der Waals surface area contributed by atoms with E-state index < -0.39 is 27.4 Å². The van der Waals surface area contributed by atoms with Gasteiger partial charge in [0.25, 0.3) is 10.0 Å². The second-order valence-electron chi connectivity index (χ2n) is 5.86. The highest BCUT2D eigenvalue weighted by molar-refractivity contribution is 7.92. The number of sulfonamides is 1. The number of rotatable bonds is 5. The highest BCUT2D eigenvalue weighted by atomic mass is 35.5. The van der Waals surface area contributed by atoms with E-state index in [1.807, 2.05) is 0 Å². The molecule has 29 heavy (non-hydrogen) atoms. The zero-order valence-corrected chi connectivity index (χ0v) is 17.3. The summed E-state index contributed by atoms with van der Waals surface area (Å²) in [7, 11) is -4.06. The summed E-state index contributed by atoms with van der Waals surface area (Å²) in [5.41, 5.74) is -0.224. The van der Waals surface area contributed by atoms with Crippen LogP contribution in [-0.2, 0) is 10.0 Å². The van der Waals surface area contributed by atoms with Crippen LogP contribution in [0.3, 0.4) is 0 Å². The van der Waals surface area contributed by atoms with Crippen LogP contribution >= 0.6 is 34.8 Å². The molecule has 150 valence electrons. The van der Waals surface area contributed by atoms with E-state index in [0.29, 0.717) is 6.07 Å². The third-order valence-corrected chi connectivity index (χ3v) is 6.19. The van der Waals surface area contributed by atoms with Gasteiger partial charge in [-0.25, -0.2) is 17.2 Å². The number of nitrogens with one attached hydrogen (secondary N) is 1. The third-order valence-electron chi connectivity index (χ3n) is 3.77. The van der Waals surface area contributed by atoms with Gasteiger partial charge in [0.15, 0.2) is 5.78 Å². The molecule has 0 aliphatic carbocycles. The minimum absolute atomic E-state index is 0.0517. The van der Waals surface area contributed by atoms with Crippen molar-refractivity contribution in [2.75, 3.05) is 4.72 Å². The summed E-state index contributed by atoms with van der Waals surface area (Å²) in [4.78, 5) is 12.3. The number of carbonyl (C=O) groups excluding carboxylic acids is 1. The average molecular weight is 477 g/mol. The molecule has 0 bridgehead atoms. The van der Waals surface area contributed by atoms with Gasteiger partial charge in [-0.15, -0.1) is 0 Å². The Morgan fingerprint density at radius 3 is 2.07 bits per heavy atom. The van der Waals surface area contributed by atoms with Crippen LogP contribution in [0.2, 0.25) is 15.1 Å². The molecule has 0 heterocycles. The van der Waals surface area contributed by atoms with Gasteiger partial charge in [-0.1, -0.05) is 34.8 Å². The highest BCUT2D eigenvalue weighted by Crippen LogP contribution is 2.29. The molecule has 0 radical (unpaired) electrons. The van der Waals surface area contributed by atoms with Crippen LogP contribution in [0.5, 0.6) is 0 Å². The lowest BCUT2D eigenvalue weighted by Gasteiger charge is -2.11. The molecular formula is C19H10Cl3F2NO3S. The van der Waals surface area contributed by atoms with E-state index in [1.54, 1.807) is 0 Å². The summed E-state index contributed by atoms with van der Waals surface area (Å²) >= 11 is 17.8. The summed E-state index contributed by atoms with van der Waals surface area (Å²) in [5.74, 6) is -2.54. The second-order valence-corrected chi connectivity index (χ2v) is 8.76. The quantitative estimate of drug-likeness (QED) is 0.462. The first-order valence-corrected chi connectivity index (χ1v) is 10.5. The van der Waals surface area contributed by atoms with Crippen molar-refractivity contribution in [3.8, 4) is 0 Å². The topological polar surface area (TPSA) is 63.2 Å². The van der Waals surface area contributed by atoms with Gasteiger partial charge in [-0.05, 0) is 48.5 Å². The molecule has 0 atom stereocenters. The Bertz CT molecular complexity index is 1210. The fourth-order valence-corrected chi connectivity index (χ4v) is 4.60. The molecule has 10 heteroatoms. The van der Waals surface area contributed by atoms with Gasteiger partial charge in [0.1, 0.15) is 16.5 Å². The van der Waals surface area contributed by atoms with Crippen molar-refractivity contribution in [1.82, 2.24) is 0 Å². The molecule has 4 nitrogen and oxygen atoms in total. The first kappa shape index (κ1) is 21.5. The number of carbonyl (C=O) groups is 1. The molecule has 1 N–H and O–H groups in total. The average Bonchev–Trinajstić information content (AvgIpc) is 2.59. The fourth-order valence-electron chi connectivity index (χ4n) is 2.51. The maximum atomic E-state index is 13.4. The first-order valence-electron chi connectivity index (χ1n) is 7.85. The molecule has 0 fully saturated rings. The van der Waals surface area contributed by atoms with E-state index in [-0.39, 0.29) is 36.8 Å². The zero-order chi connectivity index (χ0) is 21.3. The van der Waals surface area contributed by atoms with Crippen molar-refractivity contribution >= 4 is 56.3 Å². The van der Waals surface area contributed by atoms with E-state index in [9.17, 15) is 22.0 Å². The molecule has 0 amide bonds. The van der Waals surface area contributed by atoms with Crippen molar-refractivity contribution < 1.29 is 22.0 Å².